The summed E-state index contributed by atoms with van der Waals surface area (Å²) in [5, 5.41) is 4.14. The lowest BCUT2D eigenvalue weighted by molar-refractivity contribution is 0.0709. The van der Waals surface area contributed by atoms with Gasteiger partial charge in [0.15, 0.2) is 5.82 Å². The highest BCUT2D eigenvalue weighted by atomic mass is 16.5. The largest absolute Gasteiger partial charge is 0.339 e. The number of piperidine rings is 1. The van der Waals surface area contributed by atoms with Gasteiger partial charge in [0.2, 0.25) is 0 Å². The maximum absolute atomic E-state index is 12.7. The first kappa shape index (κ1) is 16.4. The second-order valence-electron chi connectivity index (χ2n) is 6.40. The van der Waals surface area contributed by atoms with E-state index in [2.05, 4.69) is 20.1 Å². The third-order valence-electron chi connectivity index (χ3n) is 4.75. The number of carbonyl (C=O) groups is 1. The van der Waals surface area contributed by atoms with Crippen molar-refractivity contribution in [3.8, 4) is 11.5 Å². The number of rotatable bonds is 3. The molecule has 0 atom stereocenters. The molecule has 1 aliphatic rings. The van der Waals surface area contributed by atoms with Gasteiger partial charge < -0.3 is 9.42 Å². The van der Waals surface area contributed by atoms with Crippen molar-refractivity contribution in [3.05, 3.63) is 59.9 Å². The molecule has 4 rings (SSSR count). The highest BCUT2D eigenvalue weighted by Crippen LogP contribution is 2.28. The van der Waals surface area contributed by atoms with Gasteiger partial charge in [0.25, 0.3) is 11.8 Å². The normalized spacial score (nSPS) is 15.2. The van der Waals surface area contributed by atoms with E-state index in [1.54, 1.807) is 24.7 Å². The molecule has 0 bridgehead atoms. The lowest BCUT2D eigenvalue weighted by Crippen LogP contribution is -2.38. The van der Waals surface area contributed by atoms with Gasteiger partial charge in [0, 0.05) is 48.9 Å². The van der Waals surface area contributed by atoms with Crippen LogP contribution in [0.15, 0.2) is 47.4 Å². The molecule has 1 amide bonds. The Bertz CT molecular complexity index is 901. The van der Waals surface area contributed by atoms with Gasteiger partial charge in [-0.3, -0.25) is 14.8 Å². The van der Waals surface area contributed by atoms with E-state index in [4.69, 9.17) is 4.52 Å². The lowest BCUT2D eigenvalue weighted by atomic mass is 9.95. The summed E-state index contributed by atoms with van der Waals surface area (Å²) >= 11 is 0. The average Bonchev–Trinajstić information content (AvgIpc) is 3.19. The number of pyridine rings is 2. The molecule has 7 heteroatoms. The summed E-state index contributed by atoms with van der Waals surface area (Å²) in [6.45, 7) is 3.22. The van der Waals surface area contributed by atoms with Crippen LogP contribution in [0.5, 0.6) is 0 Å². The van der Waals surface area contributed by atoms with E-state index in [-0.39, 0.29) is 11.8 Å². The fraction of sp³-hybridized carbons (Fsp3) is 0.316. The number of nitrogens with zero attached hydrogens (tertiary/aromatic N) is 5. The number of aryl methyl sites for hydroxylation is 1. The summed E-state index contributed by atoms with van der Waals surface area (Å²) in [4.78, 5) is 27.3. The Labute approximate surface area is 151 Å². The molecule has 1 fully saturated rings. The minimum atomic E-state index is 0.0413. The molecule has 3 aromatic heterocycles. The summed E-state index contributed by atoms with van der Waals surface area (Å²) in [5.41, 5.74) is 2.30. The van der Waals surface area contributed by atoms with Crippen LogP contribution in [0.3, 0.4) is 0 Å². The molecule has 0 aliphatic carbocycles. The van der Waals surface area contributed by atoms with Gasteiger partial charge in [-0.15, -0.1) is 0 Å². The minimum absolute atomic E-state index is 0.0413. The van der Waals surface area contributed by atoms with Crippen molar-refractivity contribution in [2.24, 2.45) is 0 Å². The average molecular weight is 349 g/mol. The second-order valence-corrected chi connectivity index (χ2v) is 6.40. The van der Waals surface area contributed by atoms with E-state index >= 15 is 0 Å². The Morgan fingerprint density at radius 2 is 1.92 bits per heavy atom. The summed E-state index contributed by atoms with van der Waals surface area (Å²) in [7, 11) is 0. The highest BCUT2D eigenvalue weighted by Gasteiger charge is 2.28. The van der Waals surface area contributed by atoms with Gasteiger partial charge in [0.05, 0.1) is 5.56 Å². The first-order chi connectivity index (χ1) is 12.7. The van der Waals surface area contributed by atoms with Crippen LogP contribution in [-0.2, 0) is 0 Å². The van der Waals surface area contributed by atoms with Crippen molar-refractivity contribution in [2.75, 3.05) is 13.1 Å². The third-order valence-corrected chi connectivity index (χ3v) is 4.75. The fourth-order valence-electron chi connectivity index (χ4n) is 3.23. The Kier molecular flexibility index (Phi) is 4.43. The molecule has 0 N–H and O–H groups in total. The maximum atomic E-state index is 12.7. The summed E-state index contributed by atoms with van der Waals surface area (Å²) in [5.74, 6) is 1.46. The third kappa shape index (κ3) is 3.20. The fourth-order valence-corrected chi connectivity index (χ4v) is 3.23. The van der Waals surface area contributed by atoms with E-state index in [0.717, 1.165) is 24.1 Å². The zero-order chi connectivity index (χ0) is 17.9. The SMILES string of the molecule is Cc1ncccc1C(=O)N1CCC(c2noc(-c3ccncc3)n2)CC1. The van der Waals surface area contributed by atoms with Crippen LogP contribution in [0.4, 0.5) is 0 Å². The molecule has 0 unspecified atom stereocenters. The van der Waals surface area contributed by atoms with Crippen LogP contribution in [0.1, 0.15) is 40.6 Å². The van der Waals surface area contributed by atoms with E-state index in [1.165, 1.54) is 0 Å². The standard InChI is InChI=1S/C19H19N5O2/c1-13-16(3-2-8-21-13)19(25)24-11-6-14(7-12-24)17-22-18(26-23-17)15-4-9-20-10-5-15/h2-5,8-10,14H,6-7,11-12H2,1H3. The molecule has 132 valence electrons. The van der Waals surface area contributed by atoms with E-state index in [9.17, 15) is 4.79 Å². The molecule has 0 radical (unpaired) electrons. The van der Waals surface area contributed by atoms with E-state index in [1.807, 2.05) is 30.0 Å². The smallest absolute Gasteiger partial charge is 0.258 e. The van der Waals surface area contributed by atoms with Crippen LogP contribution in [0.2, 0.25) is 0 Å². The van der Waals surface area contributed by atoms with Crippen LogP contribution >= 0.6 is 0 Å². The molecular weight excluding hydrogens is 330 g/mol. The summed E-state index contributed by atoms with van der Waals surface area (Å²) in [6, 6.07) is 7.31. The molecule has 1 saturated heterocycles. The molecule has 1 aliphatic heterocycles. The molecule has 0 spiro atoms. The predicted octanol–water partition coefficient (Wildman–Crippen LogP) is 2.85. The molecule has 26 heavy (non-hydrogen) atoms. The molecule has 7 nitrogen and oxygen atoms in total. The van der Waals surface area contributed by atoms with Crippen molar-refractivity contribution in [3.63, 3.8) is 0 Å². The van der Waals surface area contributed by atoms with Gasteiger partial charge in [0.1, 0.15) is 0 Å². The van der Waals surface area contributed by atoms with Crippen molar-refractivity contribution in [1.29, 1.82) is 0 Å². The maximum Gasteiger partial charge on any atom is 0.258 e. The zero-order valence-corrected chi connectivity index (χ0v) is 14.5. The lowest BCUT2D eigenvalue weighted by Gasteiger charge is -2.30. The van der Waals surface area contributed by atoms with Crippen molar-refractivity contribution in [1.82, 2.24) is 25.0 Å². The second kappa shape index (κ2) is 7.03. The Morgan fingerprint density at radius 3 is 2.65 bits per heavy atom. The van der Waals surface area contributed by atoms with Crippen LogP contribution < -0.4 is 0 Å². The number of amides is 1. The number of likely N-dealkylation sites (tertiary alicyclic amines) is 1. The number of aromatic nitrogens is 4. The monoisotopic (exact) mass is 349 g/mol. The van der Waals surface area contributed by atoms with Crippen LogP contribution in [-0.4, -0.2) is 44.0 Å². The van der Waals surface area contributed by atoms with Gasteiger partial charge in [-0.05, 0) is 44.0 Å². The van der Waals surface area contributed by atoms with Gasteiger partial charge >= 0.3 is 0 Å². The molecule has 0 saturated carbocycles. The van der Waals surface area contributed by atoms with Crippen LogP contribution in [0, 0.1) is 6.92 Å². The Balaban J connectivity index is 1.42. The quantitative estimate of drug-likeness (QED) is 0.723. The predicted molar refractivity (Wildman–Crippen MR) is 94.4 cm³/mol. The first-order valence-corrected chi connectivity index (χ1v) is 8.67. The summed E-state index contributed by atoms with van der Waals surface area (Å²) < 4.78 is 5.39. The zero-order valence-electron chi connectivity index (χ0n) is 14.5. The molecule has 0 aromatic carbocycles. The van der Waals surface area contributed by atoms with Crippen molar-refractivity contribution >= 4 is 5.91 Å². The van der Waals surface area contributed by atoms with E-state index < -0.39 is 0 Å². The Morgan fingerprint density at radius 1 is 1.15 bits per heavy atom. The molecule has 3 aromatic rings. The number of hydrogen-bond donors (Lipinski definition) is 0. The van der Waals surface area contributed by atoms with Crippen molar-refractivity contribution in [2.45, 2.75) is 25.7 Å². The number of carbonyl (C=O) groups excluding carboxylic acids is 1. The Hall–Kier alpha value is -3.09. The van der Waals surface area contributed by atoms with E-state index in [0.29, 0.717) is 30.4 Å². The van der Waals surface area contributed by atoms with Gasteiger partial charge in [-0.2, -0.15) is 4.98 Å². The van der Waals surface area contributed by atoms with Crippen molar-refractivity contribution < 1.29 is 9.32 Å². The molecular formula is C19H19N5O2. The van der Waals surface area contributed by atoms with Gasteiger partial charge in [-0.25, -0.2) is 0 Å². The first-order valence-electron chi connectivity index (χ1n) is 8.67. The van der Waals surface area contributed by atoms with Gasteiger partial charge in [-0.1, -0.05) is 5.16 Å². The topological polar surface area (TPSA) is 85.0 Å². The van der Waals surface area contributed by atoms with Crippen LogP contribution in [0.25, 0.3) is 11.5 Å². The number of hydrogen-bond acceptors (Lipinski definition) is 6. The molecule has 4 heterocycles. The summed E-state index contributed by atoms with van der Waals surface area (Å²) in [6.07, 6.45) is 6.74. The highest BCUT2D eigenvalue weighted by molar-refractivity contribution is 5.95. The minimum Gasteiger partial charge on any atom is -0.339 e.